The molecular weight excluding hydrogens is 230 g/mol. The van der Waals surface area contributed by atoms with Crippen LogP contribution < -0.4 is 10.9 Å². The van der Waals surface area contributed by atoms with Gasteiger partial charge < -0.3 is 15.4 Å². The highest BCUT2D eigenvalue weighted by Crippen LogP contribution is 2.20. The van der Waals surface area contributed by atoms with Gasteiger partial charge in [-0.05, 0) is 19.8 Å². The molecule has 1 rings (SSSR count). The minimum absolute atomic E-state index is 0.109. The fourth-order valence-corrected chi connectivity index (χ4v) is 1.70. The number of H-pyrrole nitrogens is 1. The number of aliphatic hydroxyl groups excluding tert-OH is 1. The second-order valence-corrected chi connectivity index (χ2v) is 5.18. The molecule has 0 aromatic carbocycles. The van der Waals surface area contributed by atoms with E-state index in [-0.39, 0.29) is 23.6 Å². The molecule has 0 aliphatic carbocycles. The second-order valence-electron chi connectivity index (χ2n) is 5.18. The third kappa shape index (κ3) is 3.84. The van der Waals surface area contributed by atoms with Crippen molar-refractivity contribution in [2.45, 2.75) is 52.0 Å². The molecule has 1 atom stereocenters. The van der Waals surface area contributed by atoms with Crippen LogP contribution in [0.2, 0.25) is 0 Å². The minimum Gasteiger partial charge on any atom is -0.396 e. The van der Waals surface area contributed by atoms with Crippen LogP contribution in [0.5, 0.6) is 0 Å². The molecule has 5 heteroatoms. The van der Waals surface area contributed by atoms with E-state index in [0.717, 1.165) is 6.42 Å². The molecule has 102 valence electrons. The molecule has 1 heterocycles. The zero-order chi connectivity index (χ0) is 13.8. The van der Waals surface area contributed by atoms with E-state index in [1.165, 1.54) is 6.07 Å². The summed E-state index contributed by atoms with van der Waals surface area (Å²) in [4.78, 5) is 18.7. The molecule has 18 heavy (non-hydrogen) atoms. The van der Waals surface area contributed by atoms with E-state index in [2.05, 4.69) is 15.3 Å². The highest BCUT2D eigenvalue weighted by molar-refractivity contribution is 5.36. The van der Waals surface area contributed by atoms with E-state index < -0.39 is 0 Å². The number of aromatic amines is 1. The SMILES string of the molecule is CCC(C)(CCO)Nc1cc(=O)[nH]c(C(C)C)n1. The van der Waals surface area contributed by atoms with E-state index >= 15 is 0 Å². The summed E-state index contributed by atoms with van der Waals surface area (Å²) in [6.45, 7) is 8.13. The Labute approximate surface area is 108 Å². The summed E-state index contributed by atoms with van der Waals surface area (Å²) >= 11 is 0. The molecule has 1 unspecified atom stereocenters. The van der Waals surface area contributed by atoms with E-state index in [4.69, 9.17) is 5.11 Å². The molecule has 0 saturated carbocycles. The fraction of sp³-hybridized carbons (Fsp3) is 0.692. The summed E-state index contributed by atoms with van der Waals surface area (Å²) in [5.41, 5.74) is -0.400. The largest absolute Gasteiger partial charge is 0.396 e. The smallest absolute Gasteiger partial charge is 0.252 e. The van der Waals surface area contributed by atoms with Crippen LogP contribution in [0, 0.1) is 0 Å². The molecule has 0 saturated heterocycles. The number of hydrogen-bond donors (Lipinski definition) is 3. The van der Waals surface area contributed by atoms with Gasteiger partial charge in [0.05, 0.1) is 0 Å². The van der Waals surface area contributed by atoms with E-state index in [9.17, 15) is 4.79 Å². The normalized spacial score (nSPS) is 14.6. The van der Waals surface area contributed by atoms with Crippen LogP contribution in [0.15, 0.2) is 10.9 Å². The number of anilines is 1. The molecule has 0 amide bonds. The second kappa shape index (κ2) is 6.00. The lowest BCUT2D eigenvalue weighted by molar-refractivity contribution is 0.251. The van der Waals surface area contributed by atoms with Crippen molar-refractivity contribution in [3.8, 4) is 0 Å². The monoisotopic (exact) mass is 253 g/mol. The van der Waals surface area contributed by atoms with Crippen LogP contribution in [0.4, 0.5) is 5.82 Å². The van der Waals surface area contributed by atoms with Crippen molar-refractivity contribution < 1.29 is 5.11 Å². The maximum atomic E-state index is 11.6. The van der Waals surface area contributed by atoms with Crippen molar-refractivity contribution in [1.82, 2.24) is 9.97 Å². The Bertz CT molecular complexity index is 442. The third-order valence-electron chi connectivity index (χ3n) is 3.18. The number of nitrogens with one attached hydrogen (secondary N) is 2. The molecule has 1 aromatic rings. The zero-order valence-electron chi connectivity index (χ0n) is 11.6. The molecule has 1 aromatic heterocycles. The van der Waals surface area contributed by atoms with Gasteiger partial charge in [0.2, 0.25) is 0 Å². The van der Waals surface area contributed by atoms with Crippen LogP contribution in [0.1, 0.15) is 52.3 Å². The van der Waals surface area contributed by atoms with Gasteiger partial charge in [-0.3, -0.25) is 4.79 Å². The van der Waals surface area contributed by atoms with Gasteiger partial charge in [0, 0.05) is 24.1 Å². The van der Waals surface area contributed by atoms with Crippen LogP contribution in [-0.2, 0) is 0 Å². The van der Waals surface area contributed by atoms with E-state index in [0.29, 0.717) is 18.1 Å². The average Bonchev–Trinajstić information content (AvgIpc) is 2.28. The molecule has 3 N–H and O–H groups in total. The Morgan fingerprint density at radius 3 is 2.72 bits per heavy atom. The van der Waals surface area contributed by atoms with Gasteiger partial charge in [0.1, 0.15) is 11.6 Å². The lowest BCUT2D eigenvalue weighted by Crippen LogP contribution is -2.36. The fourth-order valence-electron chi connectivity index (χ4n) is 1.70. The number of aromatic nitrogens is 2. The van der Waals surface area contributed by atoms with Gasteiger partial charge in [0.15, 0.2) is 0 Å². The first-order valence-corrected chi connectivity index (χ1v) is 6.40. The van der Waals surface area contributed by atoms with Crippen molar-refractivity contribution in [3.05, 3.63) is 22.2 Å². The lowest BCUT2D eigenvalue weighted by Gasteiger charge is -2.29. The van der Waals surface area contributed by atoms with Gasteiger partial charge in [0.25, 0.3) is 5.56 Å². The Kier molecular flexibility index (Phi) is 4.90. The lowest BCUT2D eigenvalue weighted by atomic mass is 9.95. The summed E-state index contributed by atoms with van der Waals surface area (Å²) < 4.78 is 0. The molecule has 0 bridgehead atoms. The average molecular weight is 253 g/mol. The van der Waals surface area contributed by atoms with Gasteiger partial charge in [-0.2, -0.15) is 0 Å². The highest BCUT2D eigenvalue weighted by Gasteiger charge is 2.22. The minimum atomic E-state index is -0.246. The van der Waals surface area contributed by atoms with E-state index in [1.54, 1.807) is 0 Å². The van der Waals surface area contributed by atoms with Gasteiger partial charge in [-0.15, -0.1) is 0 Å². The van der Waals surface area contributed by atoms with Gasteiger partial charge >= 0.3 is 0 Å². The number of nitrogens with zero attached hydrogens (tertiary/aromatic N) is 1. The first kappa shape index (κ1) is 14.7. The molecule has 0 fully saturated rings. The molecule has 0 aliphatic heterocycles. The summed E-state index contributed by atoms with van der Waals surface area (Å²) in [5.74, 6) is 1.41. The van der Waals surface area contributed by atoms with Gasteiger partial charge in [-0.25, -0.2) is 4.98 Å². The number of aliphatic hydroxyl groups is 1. The van der Waals surface area contributed by atoms with Crippen molar-refractivity contribution in [1.29, 1.82) is 0 Å². The Morgan fingerprint density at radius 1 is 1.56 bits per heavy atom. The van der Waals surface area contributed by atoms with Crippen LogP contribution in [-0.4, -0.2) is 27.2 Å². The van der Waals surface area contributed by atoms with E-state index in [1.807, 2.05) is 27.7 Å². The van der Waals surface area contributed by atoms with Crippen molar-refractivity contribution in [3.63, 3.8) is 0 Å². The topological polar surface area (TPSA) is 78.0 Å². The molecule has 5 nitrogen and oxygen atoms in total. The number of hydrogen-bond acceptors (Lipinski definition) is 4. The summed E-state index contributed by atoms with van der Waals surface area (Å²) in [6.07, 6.45) is 1.47. The summed E-state index contributed by atoms with van der Waals surface area (Å²) in [6, 6.07) is 1.46. The predicted molar refractivity (Wildman–Crippen MR) is 73.0 cm³/mol. The standard InChI is InChI=1S/C13H23N3O2/c1-5-13(4,6-7-17)16-10-8-11(18)15-12(14-10)9(2)3/h8-9,17H,5-7H2,1-4H3,(H2,14,15,16,18). The Balaban J connectivity index is 2.99. The number of rotatable bonds is 6. The Hall–Kier alpha value is -1.36. The summed E-state index contributed by atoms with van der Waals surface area (Å²) in [7, 11) is 0. The summed E-state index contributed by atoms with van der Waals surface area (Å²) in [5, 5.41) is 12.3. The Morgan fingerprint density at radius 2 is 2.22 bits per heavy atom. The van der Waals surface area contributed by atoms with Crippen molar-refractivity contribution in [2.75, 3.05) is 11.9 Å². The van der Waals surface area contributed by atoms with Crippen LogP contribution in [0.3, 0.4) is 0 Å². The molecule has 0 aliphatic rings. The van der Waals surface area contributed by atoms with Gasteiger partial charge in [-0.1, -0.05) is 20.8 Å². The first-order valence-electron chi connectivity index (χ1n) is 6.40. The quantitative estimate of drug-likeness (QED) is 0.723. The third-order valence-corrected chi connectivity index (χ3v) is 3.18. The molecular formula is C13H23N3O2. The highest BCUT2D eigenvalue weighted by atomic mass is 16.3. The zero-order valence-corrected chi connectivity index (χ0v) is 11.6. The molecule has 0 spiro atoms. The first-order chi connectivity index (χ1) is 8.40. The van der Waals surface area contributed by atoms with Crippen LogP contribution in [0.25, 0.3) is 0 Å². The van der Waals surface area contributed by atoms with Crippen molar-refractivity contribution in [2.24, 2.45) is 0 Å². The predicted octanol–water partition coefficient (Wildman–Crippen LogP) is 1.86. The van der Waals surface area contributed by atoms with Crippen molar-refractivity contribution >= 4 is 5.82 Å². The van der Waals surface area contributed by atoms with Crippen LogP contribution >= 0.6 is 0 Å². The maximum absolute atomic E-state index is 11.6. The maximum Gasteiger partial charge on any atom is 0.252 e. The molecule has 0 radical (unpaired) electrons.